The van der Waals surface area contributed by atoms with Crippen LogP contribution in [0.3, 0.4) is 0 Å². The topological polar surface area (TPSA) is 87.8 Å². The first kappa shape index (κ1) is 19.6. The summed E-state index contributed by atoms with van der Waals surface area (Å²) in [6.07, 6.45) is -0.627. The summed E-state index contributed by atoms with van der Waals surface area (Å²) in [5.41, 5.74) is 0.563. The molecule has 2 aromatic carbocycles. The molecule has 2 aliphatic heterocycles. The Hall–Kier alpha value is -3.39. The van der Waals surface area contributed by atoms with Crippen LogP contribution in [-0.4, -0.2) is 64.6 Å². The zero-order valence-electron chi connectivity index (χ0n) is 17.3. The summed E-state index contributed by atoms with van der Waals surface area (Å²) in [5, 5.41) is 0.588. The summed E-state index contributed by atoms with van der Waals surface area (Å²) in [5.74, 6) is 1.86. The van der Waals surface area contributed by atoms with E-state index in [9.17, 15) is 9.59 Å². The van der Waals surface area contributed by atoms with Crippen LogP contribution in [0.4, 0.5) is 0 Å². The third-order valence-electron chi connectivity index (χ3n) is 5.98. The van der Waals surface area contributed by atoms with Crippen molar-refractivity contribution in [2.75, 3.05) is 32.8 Å². The van der Waals surface area contributed by atoms with Gasteiger partial charge in [-0.2, -0.15) is 0 Å². The molecule has 1 N–H and O–H groups in total. The minimum absolute atomic E-state index is 0.0564. The van der Waals surface area contributed by atoms with E-state index in [0.717, 1.165) is 0 Å². The molecule has 31 heavy (non-hydrogen) atoms. The molecule has 0 saturated carbocycles. The van der Waals surface area contributed by atoms with Gasteiger partial charge in [-0.25, -0.2) is 4.98 Å². The van der Waals surface area contributed by atoms with E-state index < -0.39 is 6.10 Å². The Balaban J connectivity index is 1.23. The van der Waals surface area contributed by atoms with Crippen LogP contribution in [0.25, 0.3) is 10.9 Å². The lowest BCUT2D eigenvalue weighted by Gasteiger charge is -2.39. The van der Waals surface area contributed by atoms with Crippen LogP contribution >= 0.6 is 0 Å². The molecule has 3 aromatic rings. The second kappa shape index (κ2) is 8.03. The first-order valence-corrected chi connectivity index (χ1v) is 10.5. The molecule has 2 aliphatic rings. The van der Waals surface area contributed by atoms with Crippen molar-refractivity contribution in [3.8, 4) is 11.5 Å². The Kier molecular flexibility index (Phi) is 5.07. The van der Waals surface area contributed by atoms with Gasteiger partial charge in [0.05, 0.1) is 16.9 Å². The number of H-pyrrole nitrogens is 1. The number of carbonyl (C=O) groups is 1. The number of amides is 1. The van der Waals surface area contributed by atoms with Crippen molar-refractivity contribution in [1.82, 2.24) is 19.8 Å². The monoisotopic (exact) mass is 420 g/mol. The van der Waals surface area contributed by atoms with Crippen LogP contribution in [0, 0.1) is 0 Å². The predicted octanol–water partition coefficient (Wildman–Crippen LogP) is 1.97. The normalized spacial score (nSPS) is 19.9. The van der Waals surface area contributed by atoms with E-state index in [1.165, 1.54) is 0 Å². The van der Waals surface area contributed by atoms with Gasteiger partial charge < -0.3 is 19.4 Å². The van der Waals surface area contributed by atoms with Crippen molar-refractivity contribution < 1.29 is 14.3 Å². The number of rotatable bonds is 3. The molecule has 8 heteroatoms. The second-order valence-corrected chi connectivity index (χ2v) is 7.87. The number of benzene rings is 2. The van der Waals surface area contributed by atoms with Gasteiger partial charge >= 0.3 is 0 Å². The Morgan fingerprint density at radius 3 is 2.58 bits per heavy atom. The van der Waals surface area contributed by atoms with E-state index in [-0.39, 0.29) is 24.1 Å². The standard InChI is InChI=1S/C23H24N4O4/c1-15(21-24-17-7-3-2-6-16(17)22(28)25-21)26-10-12-27(13-11-26)23(29)20-14-30-18-8-4-5-9-19(18)31-20/h2-9,15,20H,10-14H2,1H3,(H,24,25,28)/t15-,20+/m0/s1. The van der Waals surface area contributed by atoms with Crippen molar-refractivity contribution in [2.45, 2.75) is 19.1 Å². The van der Waals surface area contributed by atoms with Crippen molar-refractivity contribution in [3.05, 3.63) is 64.7 Å². The first-order chi connectivity index (χ1) is 15.1. The molecule has 2 atom stereocenters. The van der Waals surface area contributed by atoms with Crippen molar-refractivity contribution >= 4 is 16.8 Å². The maximum atomic E-state index is 12.9. The van der Waals surface area contributed by atoms with Gasteiger partial charge in [0.25, 0.3) is 11.5 Å². The SMILES string of the molecule is C[C@@H](c1nc2ccccc2c(=O)[nH]1)N1CCN(C(=O)[C@H]2COc3ccccc3O2)CC1. The summed E-state index contributed by atoms with van der Waals surface area (Å²) < 4.78 is 11.6. The molecule has 0 spiro atoms. The number of hydrogen-bond acceptors (Lipinski definition) is 6. The van der Waals surface area contributed by atoms with Crippen LogP contribution in [0.2, 0.25) is 0 Å². The molecule has 0 unspecified atom stereocenters. The van der Waals surface area contributed by atoms with Gasteiger partial charge in [-0.3, -0.25) is 14.5 Å². The predicted molar refractivity (Wildman–Crippen MR) is 115 cm³/mol. The van der Waals surface area contributed by atoms with E-state index in [0.29, 0.717) is 54.4 Å². The lowest BCUT2D eigenvalue weighted by Crippen LogP contribution is -2.54. The number of para-hydroxylation sites is 3. The maximum absolute atomic E-state index is 12.9. The molecule has 1 amide bonds. The van der Waals surface area contributed by atoms with Crippen LogP contribution < -0.4 is 15.0 Å². The highest BCUT2D eigenvalue weighted by molar-refractivity contribution is 5.82. The molecule has 160 valence electrons. The molecule has 1 saturated heterocycles. The van der Waals surface area contributed by atoms with E-state index in [2.05, 4.69) is 14.9 Å². The van der Waals surface area contributed by atoms with Gasteiger partial charge in [0.1, 0.15) is 12.4 Å². The fourth-order valence-corrected chi connectivity index (χ4v) is 4.15. The van der Waals surface area contributed by atoms with Crippen LogP contribution in [0.5, 0.6) is 11.5 Å². The second-order valence-electron chi connectivity index (χ2n) is 7.87. The van der Waals surface area contributed by atoms with Crippen molar-refractivity contribution in [2.24, 2.45) is 0 Å². The summed E-state index contributed by atoms with van der Waals surface area (Å²) in [6, 6.07) is 14.7. The number of carbonyl (C=O) groups excluding carboxylic acids is 1. The number of aromatic amines is 1. The fourth-order valence-electron chi connectivity index (χ4n) is 4.15. The summed E-state index contributed by atoms with van der Waals surface area (Å²) in [4.78, 5) is 37.0. The van der Waals surface area contributed by atoms with Crippen molar-refractivity contribution in [1.29, 1.82) is 0 Å². The van der Waals surface area contributed by atoms with Crippen LogP contribution in [0.15, 0.2) is 53.3 Å². The highest BCUT2D eigenvalue weighted by Crippen LogP contribution is 2.31. The van der Waals surface area contributed by atoms with Crippen LogP contribution in [-0.2, 0) is 4.79 Å². The van der Waals surface area contributed by atoms with Gasteiger partial charge in [-0.15, -0.1) is 0 Å². The number of aromatic nitrogens is 2. The maximum Gasteiger partial charge on any atom is 0.267 e. The molecule has 3 heterocycles. The minimum atomic E-state index is -0.627. The molecular formula is C23H24N4O4. The summed E-state index contributed by atoms with van der Waals surface area (Å²) in [6.45, 7) is 4.79. The molecular weight excluding hydrogens is 396 g/mol. The van der Waals surface area contributed by atoms with Crippen molar-refractivity contribution in [3.63, 3.8) is 0 Å². The number of fused-ring (bicyclic) bond motifs is 2. The highest BCUT2D eigenvalue weighted by Gasteiger charge is 2.33. The molecule has 0 bridgehead atoms. The first-order valence-electron chi connectivity index (χ1n) is 10.5. The Morgan fingerprint density at radius 1 is 1.06 bits per heavy atom. The molecule has 0 aliphatic carbocycles. The number of ether oxygens (including phenoxy) is 2. The Morgan fingerprint density at radius 2 is 1.77 bits per heavy atom. The lowest BCUT2D eigenvalue weighted by molar-refractivity contribution is -0.143. The van der Waals surface area contributed by atoms with Gasteiger partial charge in [0.2, 0.25) is 6.10 Å². The van der Waals surface area contributed by atoms with Gasteiger partial charge in [-0.1, -0.05) is 24.3 Å². The van der Waals surface area contributed by atoms with E-state index in [1.807, 2.05) is 54.3 Å². The lowest BCUT2D eigenvalue weighted by atomic mass is 10.1. The van der Waals surface area contributed by atoms with E-state index >= 15 is 0 Å². The zero-order valence-corrected chi connectivity index (χ0v) is 17.3. The number of nitrogens with one attached hydrogen (secondary N) is 1. The summed E-state index contributed by atoms with van der Waals surface area (Å²) in [7, 11) is 0. The third kappa shape index (κ3) is 3.74. The van der Waals surface area contributed by atoms with E-state index in [4.69, 9.17) is 9.47 Å². The zero-order chi connectivity index (χ0) is 21.4. The fraction of sp³-hybridized carbons (Fsp3) is 0.348. The highest BCUT2D eigenvalue weighted by atomic mass is 16.6. The Bertz CT molecular complexity index is 1170. The number of nitrogens with zero attached hydrogens (tertiary/aromatic N) is 3. The quantitative estimate of drug-likeness (QED) is 0.697. The van der Waals surface area contributed by atoms with Crippen LogP contribution in [0.1, 0.15) is 18.8 Å². The van der Waals surface area contributed by atoms with Gasteiger partial charge in [-0.05, 0) is 31.2 Å². The number of hydrogen-bond donors (Lipinski definition) is 1. The third-order valence-corrected chi connectivity index (χ3v) is 5.98. The molecule has 1 aromatic heterocycles. The minimum Gasteiger partial charge on any atom is -0.485 e. The largest absolute Gasteiger partial charge is 0.485 e. The smallest absolute Gasteiger partial charge is 0.267 e. The molecule has 0 radical (unpaired) electrons. The Labute approximate surface area is 179 Å². The average molecular weight is 420 g/mol. The molecule has 1 fully saturated rings. The van der Waals surface area contributed by atoms with Gasteiger partial charge in [0, 0.05) is 26.2 Å². The molecule has 5 rings (SSSR count). The molecule has 8 nitrogen and oxygen atoms in total. The average Bonchev–Trinajstić information content (AvgIpc) is 2.83. The summed E-state index contributed by atoms with van der Waals surface area (Å²) >= 11 is 0. The number of piperazine rings is 1. The van der Waals surface area contributed by atoms with E-state index in [1.54, 1.807) is 6.07 Å². The van der Waals surface area contributed by atoms with Gasteiger partial charge in [0.15, 0.2) is 11.5 Å².